The SMILES string of the molecule is O=C(O)CCCC=CCCC1C(O)CC(O)C1CC=CC(O)COc1cccc(C(F)(F)F)c1. The van der Waals surface area contributed by atoms with E-state index in [0.717, 1.165) is 12.1 Å². The van der Waals surface area contributed by atoms with Crippen LogP contribution in [0.15, 0.2) is 48.6 Å². The molecule has 1 saturated carbocycles. The van der Waals surface area contributed by atoms with E-state index in [-0.39, 0.29) is 37.0 Å². The Kier molecular flexibility index (Phi) is 11.1. The summed E-state index contributed by atoms with van der Waals surface area (Å²) in [6, 6.07) is 4.43. The molecule has 6 nitrogen and oxygen atoms in total. The van der Waals surface area contributed by atoms with Gasteiger partial charge in [-0.1, -0.05) is 30.4 Å². The second-order valence-corrected chi connectivity index (χ2v) is 8.60. The van der Waals surface area contributed by atoms with Crippen molar-refractivity contribution < 1.29 is 43.1 Å². The first-order valence-electron chi connectivity index (χ1n) is 11.5. The molecule has 0 bridgehead atoms. The Morgan fingerprint density at radius 3 is 2.53 bits per heavy atom. The molecule has 5 atom stereocenters. The number of rotatable bonds is 13. The Morgan fingerprint density at radius 1 is 1.12 bits per heavy atom. The number of aliphatic hydroxyl groups excluding tert-OH is 3. The molecule has 1 aliphatic carbocycles. The zero-order valence-corrected chi connectivity index (χ0v) is 18.9. The summed E-state index contributed by atoms with van der Waals surface area (Å²) < 4.78 is 43.6. The van der Waals surface area contributed by atoms with Gasteiger partial charge in [0.25, 0.3) is 0 Å². The molecule has 190 valence electrons. The number of halogens is 3. The van der Waals surface area contributed by atoms with Gasteiger partial charge in [-0.25, -0.2) is 0 Å². The molecule has 9 heteroatoms. The normalized spacial score (nSPS) is 24.2. The molecule has 0 saturated heterocycles. The molecule has 2 rings (SSSR count). The third kappa shape index (κ3) is 9.48. The summed E-state index contributed by atoms with van der Waals surface area (Å²) in [5, 5.41) is 39.3. The van der Waals surface area contributed by atoms with Crippen molar-refractivity contribution in [1.82, 2.24) is 0 Å². The van der Waals surface area contributed by atoms with Crippen molar-refractivity contribution in [3.05, 3.63) is 54.1 Å². The smallest absolute Gasteiger partial charge is 0.416 e. The molecule has 1 aromatic rings. The minimum Gasteiger partial charge on any atom is -0.491 e. The minimum absolute atomic E-state index is 0.00712. The number of aliphatic hydroxyl groups is 3. The molecule has 34 heavy (non-hydrogen) atoms. The third-order valence-electron chi connectivity index (χ3n) is 5.96. The first-order valence-corrected chi connectivity index (χ1v) is 11.5. The molecule has 1 aliphatic rings. The van der Waals surface area contributed by atoms with Crippen LogP contribution in [0.5, 0.6) is 5.75 Å². The second kappa shape index (κ2) is 13.5. The van der Waals surface area contributed by atoms with Gasteiger partial charge < -0.3 is 25.2 Å². The summed E-state index contributed by atoms with van der Waals surface area (Å²) in [5.74, 6) is -1.10. The van der Waals surface area contributed by atoms with Crippen LogP contribution in [-0.4, -0.2) is 51.3 Å². The van der Waals surface area contributed by atoms with Crippen LogP contribution in [0.4, 0.5) is 13.2 Å². The number of aliphatic carboxylic acids is 1. The second-order valence-electron chi connectivity index (χ2n) is 8.60. The highest BCUT2D eigenvalue weighted by molar-refractivity contribution is 5.66. The molecule has 0 heterocycles. The predicted molar refractivity (Wildman–Crippen MR) is 120 cm³/mol. The van der Waals surface area contributed by atoms with E-state index in [0.29, 0.717) is 32.1 Å². The lowest BCUT2D eigenvalue weighted by molar-refractivity contribution is -0.138. The van der Waals surface area contributed by atoms with Gasteiger partial charge in [0, 0.05) is 6.42 Å². The van der Waals surface area contributed by atoms with Crippen molar-refractivity contribution in [2.24, 2.45) is 11.8 Å². The van der Waals surface area contributed by atoms with E-state index in [1.54, 1.807) is 6.08 Å². The van der Waals surface area contributed by atoms with Crippen LogP contribution in [-0.2, 0) is 11.0 Å². The van der Waals surface area contributed by atoms with Crippen LogP contribution < -0.4 is 4.74 Å². The lowest BCUT2D eigenvalue weighted by Crippen LogP contribution is -2.22. The fourth-order valence-electron chi connectivity index (χ4n) is 4.19. The summed E-state index contributed by atoms with van der Waals surface area (Å²) in [5.41, 5.74) is -0.829. The number of hydrogen-bond acceptors (Lipinski definition) is 5. The Bertz CT molecular complexity index is 823. The number of carboxylic acid groups (broad SMARTS) is 1. The molecule has 1 fully saturated rings. The molecular formula is C25H33F3O6. The summed E-state index contributed by atoms with van der Waals surface area (Å²) in [6.45, 7) is -0.218. The van der Waals surface area contributed by atoms with E-state index in [4.69, 9.17) is 9.84 Å². The average molecular weight is 487 g/mol. The highest BCUT2D eigenvalue weighted by atomic mass is 19.4. The molecule has 0 radical (unpaired) electrons. The van der Waals surface area contributed by atoms with Crippen LogP contribution in [0.25, 0.3) is 0 Å². The number of unbranched alkanes of at least 4 members (excludes halogenated alkanes) is 1. The first kappa shape index (κ1) is 27.9. The van der Waals surface area contributed by atoms with E-state index < -0.39 is 36.0 Å². The Labute approximate surface area is 197 Å². The van der Waals surface area contributed by atoms with Gasteiger partial charge in [0.15, 0.2) is 0 Å². The van der Waals surface area contributed by atoms with Gasteiger partial charge in [-0.05, 0) is 68.6 Å². The molecule has 0 aliphatic heterocycles. The van der Waals surface area contributed by atoms with Crippen LogP contribution >= 0.6 is 0 Å². The van der Waals surface area contributed by atoms with Crippen LogP contribution in [0.1, 0.15) is 50.5 Å². The molecule has 5 unspecified atom stereocenters. The summed E-state index contributed by atoms with van der Waals surface area (Å²) in [6.07, 6.45) is 3.74. The van der Waals surface area contributed by atoms with Gasteiger partial charge >= 0.3 is 12.1 Å². The number of hydrogen-bond donors (Lipinski definition) is 4. The molecule has 1 aromatic carbocycles. The summed E-state index contributed by atoms with van der Waals surface area (Å²) in [7, 11) is 0. The largest absolute Gasteiger partial charge is 0.491 e. The van der Waals surface area contributed by atoms with E-state index in [2.05, 4.69) is 0 Å². The number of allylic oxidation sites excluding steroid dienone is 3. The maximum Gasteiger partial charge on any atom is 0.416 e. The first-order chi connectivity index (χ1) is 16.1. The molecule has 4 N–H and O–H groups in total. The Morgan fingerprint density at radius 2 is 1.82 bits per heavy atom. The van der Waals surface area contributed by atoms with Crippen LogP contribution in [0.2, 0.25) is 0 Å². The maximum atomic E-state index is 12.8. The molecule has 0 amide bonds. The van der Waals surface area contributed by atoms with Gasteiger partial charge in [-0.3, -0.25) is 4.79 Å². The number of ether oxygens (including phenoxy) is 1. The fraction of sp³-hybridized carbons (Fsp3) is 0.560. The Hall–Kier alpha value is -2.36. The quantitative estimate of drug-likeness (QED) is 0.244. The Balaban J connectivity index is 1.78. The monoisotopic (exact) mass is 486 g/mol. The average Bonchev–Trinajstić information content (AvgIpc) is 3.03. The van der Waals surface area contributed by atoms with Crippen LogP contribution in [0, 0.1) is 11.8 Å². The van der Waals surface area contributed by atoms with Crippen molar-refractivity contribution in [2.75, 3.05) is 6.61 Å². The highest BCUT2D eigenvalue weighted by Crippen LogP contribution is 2.38. The molecule has 0 aromatic heterocycles. The summed E-state index contributed by atoms with van der Waals surface area (Å²) in [4.78, 5) is 10.5. The standard InChI is InChI=1S/C25H33F3O6/c26-25(27,28)17-8-6-10-19(14-17)34-16-18(29)9-7-12-21-20(22(30)15-23(21)31)11-4-2-1-3-5-13-24(32)33/h1-2,6-10,14,18,20-23,29-31H,3-5,11-13,15-16H2,(H,32,33). The number of alkyl halides is 3. The zero-order valence-electron chi connectivity index (χ0n) is 18.9. The lowest BCUT2D eigenvalue weighted by Gasteiger charge is -2.22. The van der Waals surface area contributed by atoms with Crippen LogP contribution in [0.3, 0.4) is 0 Å². The summed E-state index contributed by atoms with van der Waals surface area (Å²) >= 11 is 0. The molecule has 0 spiro atoms. The zero-order chi connectivity index (χ0) is 25.1. The van der Waals surface area contributed by atoms with E-state index >= 15 is 0 Å². The topological polar surface area (TPSA) is 107 Å². The van der Waals surface area contributed by atoms with E-state index in [1.165, 1.54) is 18.2 Å². The fourth-order valence-corrected chi connectivity index (χ4v) is 4.19. The van der Waals surface area contributed by atoms with E-state index in [1.807, 2.05) is 12.2 Å². The van der Waals surface area contributed by atoms with Gasteiger partial charge in [-0.15, -0.1) is 0 Å². The van der Waals surface area contributed by atoms with Crippen molar-refractivity contribution >= 4 is 5.97 Å². The maximum absolute atomic E-state index is 12.8. The predicted octanol–water partition coefficient (Wildman–Crippen LogP) is 4.34. The minimum atomic E-state index is -4.47. The number of carbonyl (C=O) groups is 1. The highest BCUT2D eigenvalue weighted by Gasteiger charge is 2.40. The number of benzene rings is 1. The van der Waals surface area contributed by atoms with Crippen molar-refractivity contribution in [3.8, 4) is 5.75 Å². The third-order valence-corrected chi connectivity index (χ3v) is 5.96. The van der Waals surface area contributed by atoms with Gasteiger partial charge in [0.2, 0.25) is 0 Å². The lowest BCUT2D eigenvalue weighted by atomic mass is 9.87. The van der Waals surface area contributed by atoms with Gasteiger partial charge in [0.05, 0.1) is 17.8 Å². The van der Waals surface area contributed by atoms with Gasteiger partial charge in [-0.2, -0.15) is 13.2 Å². The van der Waals surface area contributed by atoms with Crippen molar-refractivity contribution in [3.63, 3.8) is 0 Å². The van der Waals surface area contributed by atoms with E-state index in [9.17, 15) is 33.3 Å². The number of carboxylic acids is 1. The van der Waals surface area contributed by atoms with Gasteiger partial charge in [0.1, 0.15) is 18.5 Å². The van der Waals surface area contributed by atoms with Crippen molar-refractivity contribution in [1.29, 1.82) is 0 Å². The molecular weight excluding hydrogens is 453 g/mol. The van der Waals surface area contributed by atoms with Crippen molar-refractivity contribution in [2.45, 2.75) is 69.4 Å².